The number of carboxylic acids is 1. The van der Waals surface area contributed by atoms with Crippen LogP contribution >= 0.6 is 0 Å². The minimum absolute atomic E-state index is 0.0314. The number of carboxylic acid groups (broad SMARTS) is 1. The van der Waals surface area contributed by atoms with E-state index < -0.39 is 5.97 Å². The Morgan fingerprint density at radius 3 is 2.55 bits per heavy atom. The van der Waals surface area contributed by atoms with Crippen molar-refractivity contribution in [2.75, 3.05) is 5.32 Å². The first-order chi connectivity index (χ1) is 9.18. The van der Waals surface area contributed by atoms with Crippen LogP contribution in [0, 0.1) is 5.92 Å². The van der Waals surface area contributed by atoms with Crippen LogP contribution in [0.15, 0.2) is 12.3 Å². The molecule has 1 aromatic heterocycles. The first kappa shape index (κ1) is 16.1. The number of carbonyl (C=O) groups is 2. The van der Waals surface area contributed by atoms with Gasteiger partial charge in [0.05, 0.1) is 5.69 Å². The van der Waals surface area contributed by atoms with Crippen LogP contribution < -0.4 is 5.32 Å². The summed E-state index contributed by atoms with van der Waals surface area (Å²) in [5.41, 5.74) is 0.709. The Balaban J connectivity index is 2.65. The summed E-state index contributed by atoms with van der Waals surface area (Å²) >= 11 is 0. The van der Waals surface area contributed by atoms with Gasteiger partial charge in [0, 0.05) is 24.5 Å². The fraction of sp³-hybridized carbons (Fsp3) is 0.571. The summed E-state index contributed by atoms with van der Waals surface area (Å²) in [5.74, 6) is -1.15. The van der Waals surface area contributed by atoms with Crippen molar-refractivity contribution in [2.24, 2.45) is 5.92 Å². The zero-order chi connectivity index (χ0) is 15.3. The number of anilines is 1. The number of aromatic nitrogens is 2. The highest BCUT2D eigenvalue weighted by Crippen LogP contribution is 2.20. The fourth-order valence-corrected chi connectivity index (χ4v) is 1.70. The molecule has 0 radical (unpaired) electrons. The van der Waals surface area contributed by atoms with E-state index in [1.54, 1.807) is 13.1 Å². The third kappa shape index (κ3) is 5.34. The monoisotopic (exact) mass is 279 g/mol. The summed E-state index contributed by atoms with van der Waals surface area (Å²) in [6.07, 6.45) is 1.70. The van der Waals surface area contributed by atoms with Gasteiger partial charge in [0.15, 0.2) is 0 Å². The third-order valence-electron chi connectivity index (χ3n) is 2.73. The molecule has 1 atom stereocenters. The molecule has 0 saturated carbocycles. The molecule has 6 nitrogen and oxygen atoms in total. The van der Waals surface area contributed by atoms with Gasteiger partial charge in [-0.3, -0.25) is 14.9 Å². The lowest BCUT2D eigenvalue weighted by Gasteiger charge is -2.18. The van der Waals surface area contributed by atoms with Gasteiger partial charge in [0.2, 0.25) is 11.9 Å². The van der Waals surface area contributed by atoms with Gasteiger partial charge in [0.25, 0.3) is 0 Å². The SMILES string of the molecule is CC(CC(=O)O)CC(=O)Nc1nccc(C(C)(C)C)n1. The topological polar surface area (TPSA) is 92.2 Å². The Morgan fingerprint density at radius 2 is 2.00 bits per heavy atom. The Kier molecular flexibility index (Phi) is 5.19. The van der Waals surface area contributed by atoms with Crippen LogP contribution in [0.25, 0.3) is 0 Å². The standard InChI is InChI=1S/C14H21N3O3/c1-9(8-12(19)20)7-11(18)17-13-15-6-5-10(16-13)14(2,3)4/h5-6,9H,7-8H2,1-4H3,(H,19,20)(H,15,16,17,18). The maximum absolute atomic E-state index is 11.8. The van der Waals surface area contributed by atoms with E-state index in [-0.39, 0.29) is 36.0 Å². The van der Waals surface area contributed by atoms with E-state index in [1.165, 1.54) is 0 Å². The van der Waals surface area contributed by atoms with Gasteiger partial charge in [-0.15, -0.1) is 0 Å². The molecule has 0 aliphatic heterocycles. The minimum Gasteiger partial charge on any atom is -0.481 e. The van der Waals surface area contributed by atoms with Gasteiger partial charge in [-0.2, -0.15) is 0 Å². The first-order valence-electron chi connectivity index (χ1n) is 6.53. The van der Waals surface area contributed by atoms with Gasteiger partial charge in [-0.25, -0.2) is 9.97 Å². The van der Waals surface area contributed by atoms with Crippen LogP contribution in [0.2, 0.25) is 0 Å². The van der Waals surface area contributed by atoms with Crippen LogP contribution in [0.4, 0.5) is 5.95 Å². The average molecular weight is 279 g/mol. The van der Waals surface area contributed by atoms with E-state index in [1.807, 2.05) is 26.8 Å². The Hall–Kier alpha value is -1.98. The molecule has 110 valence electrons. The lowest BCUT2D eigenvalue weighted by atomic mass is 9.92. The van der Waals surface area contributed by atoms with E-state index in [9.17, 15) is 9.59 Å². The second-order valence-corrected chi connectivity index (χ2v) is 5.97. The molecule has 1 unspecified atom stereocenters. The van der Waals surface area contributed by atoms with Gasteiger partial charge in [-0.05, 0) is 12.0 Å². The van der Waals surface area contributed by atoms with Gasteiger partial charge < -0.3 is 5.11 Å². The van der Waals surface area contributed by atoms with Crippen molar-refractivity contribution in [3.63, 3.8) is 0 Å². The zero-order valence-corrected chi connectivity index (χ0v) is 12.3. The van der Waals surface area contributed by atoms with E-state index in [0.29, 0.717) is 0 Å². The number of rotatable bonds is 5. The number of aliphatic carboxylic acids is 1. The summed E-state index contributed by atoms with van der Waals surface area (Å²) in [7, 11) is 0. The minimum atomic E-state index is -0.906. The molecular weight excluding hydrogens is 258 g/mol. The highest BCUT2D eigenvalue weighted by Gasteiger charge is 2.17. The van der Waals surface area contributed by atoms with Crippen LogP contribution in [0.1, 0.15) is 46.2 Å². The molecule has 1 heterocycles. The number of nitrogens with zero attached hydrogens (tertiary/aromatic N) is 2. The lowest BCUT2D eigenvalue weighted by molar-refractivity contribution is -0.138. The molecule has 0 fully saturated rings. The van der Waals surface area contributed by atoms with Crippen molar-refractivity contribution >= 4 is 17.8 Å². The summed E-state index contributed by atoms with van der Waals surface area (Å²) in [5, 5.41) is 11.3. The van der Waals surface area contributed by atoms with Gasteiger partial charge >= 0.3 is 5.97 Å². The smallest absolute Gasteiger partial charge is 0.303 e. The Morgan fingerprint density at radius 1 is 1.35 bits per heavy atom. The predicted octanol–water partition coefficient (Wildman–Crippen LogP) is 2.21. The van der Waals surface area contributed by atoms with Gasteiger partial charge in [0.1, 0.15) is 0 Å². The summed E-state index contributed by atoms with van der Waals surface area (Å²) in [6.45, 7) is 7.79. The van der Waals surface area contributed by atoms with Crippen molar-refractivity contribution in [1.29, 1.82) is 0 Å². The van der Waals surface area contributed by atoms with Crippen molar-refractivity contribution in [3.05, 3.63) is 18.0 Å². The normalized spacial score (nSPS) is 12.8. The molecule has 0 saturated heterocycles. The van der Waals surface area contributed by atoms with Crippen molar-refractivity contribution in [2.45, 2.75) is 46.0 Å². The molecule has 1 rings (SSSR count). The maximum atomic E-state index is 11.8. The molecule has 6 heteroatoms. The average Bonchev–Trinajstić information content (AvgIpc) is 2.26. The largest absolute Gasteiger partial charge is 0.481 e. The second-order valence-electron chi connectivity index (χ2n) is 5.97. The van der Waals surface area contributed by atoms with E-state index >= 15 is 0 Å². The van der Waals surface area contributed by atoms with Crippen LogP contribution in [0.5, 0.6) is 0 Å². The molecule has 0 aliphatic carbocycles. The van der Waals surface area contributed by atoms with Crippen LogP contribution in [-0.2, 0) is 15.0 Å². The molecule has 20 heavy (non-hydrogen) atoms. The molecular formula is C14H21N3O3. The number of carbonyl (C=O) groups excluding carboxylic acids is 1. The maximum Gasteiger partial charge on any atom is 0.303 e. The molecule has 1 aromatic rings. The van der Waals surface area contributed by atoms with Crippen molar-refractivity contribution < 1.29 is 14.7 Å². The first-order valence-corrected chi connectivity index (χ1v) is 6.53. The summed E-state index contributed by atoms with van der Waals surface area (Å²) in [4.78, 5) is 30.6. The second kappa shape index (κ2) is 6.45. The number of hydrogen-bond donors (Lipinski definition) is 2. The molecule has 1 amide bonds. The summed E-state index contributed by atoms with van der Waals surface area (Å²) < 4.78 is 0. The van der Waals surface area contributed by atoms with Crippen molar-refractivity contribution in [1.82, 2.24) is 9.97 Å². The highest BCUT2D eigenvalue weighted by atomic mass is 16.4. The Labute approximate surface area is 118 Å². The highest BCUT2D eigenvalue weighted by molar-refractivity contribution is 5.89. The molecule has 0 aliphatic rings. The van der Waals surface area contributed by atoms with Crippen molar-refractivity contribution in [3.8, 4) is 0 Å². The molecule has 2 N–H and O–H groups in total. The quantitative estimate of drug-likeness (QED) is 0.862. The van der Waals surface area contributed by atoms with E-state index in [0.717, 1.165) is 5.69 Å². The molecule has 0 aromatic carbocycles. The molecule has 0 spiro atoms. The van der Waals surface area contributed by atoms with Gasteiger partial charge in [-0.1, -0.05) is 27.7 Å². The predicted molar refractivity (Wildman–Crippen MR) is 75.4 cm³/mol. The van der Waals surface area contributed by atoms with E-state index in [4.69, 9.17) is 5.11 Å². The Bertz CT molecular complexity index is 495. The van der Waals surface area contributed by atoms with Crippen LogP contribution in [0.3, 0.4) is 0 Å². The number of hydrogen-bond acceptors (Lipinski definition) is 4. The van der Waals surface area contributed by atoms with E-state index in [2.05, 4.69) is 15.3 Å². The summed E-state index contributed by atoms with van der Waals surface area (Å²) in [6, 6.07) is 1.81. The lowest BCUT2D eigenvalue weighted by Crippen LogP contribution is -2.20. The van der Waals surface area contributed by atoms with Crippen LogP contribution in [-0.4, -0.2) is 27.0 Å². The fourth-order valence-electron chi connectivity index (χ4n) is 1.70. The molecule has 0 bridgehead atoms. The number of nitrogens with one attached hydrogen (secondary N) is 1. The zero-order valence-electron chi connectivity index (χ0n) is 12.3. The third-order valence-corrected chi connectivity index (χ3v) is 2.73. The number of amides is 1.